The van der Waals surface area contributed by atoms with Gasteiger partial charge in [-0.1, -0.05) is 12.1 Å². The number of hydrogen-bond donors (Lipinski definition) is 0. The van der Waals surface area contributed by atoms with Crippen LogP contribution in [0.2, 0.25) is 0 Å². The highest BCUT2D eigenvalue weighted by molar-refractivity contribution is 6.23. The average Bonchev–Trinajstić information content (AvgIpc) is 3.69. The molecule has 7 nitrogen and oxygen atoms in total. The predicted molar refractivity (Wildman–Crippen MR) is 146 cm³/mol. The Hall–Kier alpha value is -3.58. The lowest BCUT2D eigenvalue weighted by molar-refractivity contribution is -0.127. The molecule has 37 heavy (non-hydrogen) atoms. The van der Waals surface area contributed by atoms with E-state index in [1.54, 1.807) is 4.90 Å². The van der Waals surface area contributed by atoms with Crippen molar-refractivity contribution in [1.29, 1.82) is 0 Å². The zero-order valence-electron chi connectivity index (χ0n) is 21.6. The SMILES string of the molecule is CCN1C(=O)N(c2ccc(-n3cccc3)cc2)C(=O)C12CCN(Cc1ccc(N3CCCC3)cc1)CC2. The standard InChI is InChI=1S/C30H35N5O2/c1-2-34-29(37)35(27-13-11-26(12-14-27)33-19-5-6-20-33)28(36)30(34)15-21-31(22-16-30)23-24-7-9-25(10-8-24)32-17-3-4-18-32/h5-14,19-20H,2-4,15-18,21-23H2,1H3. The molecule has 0 N–H and O–H groups in total. The second-order valence-corrected chi connectivity index (χ2v) is 10.4. The summed E-state index contributed by atoms with van der Waals surface area (Å²) in [6, 6.07) is 20.3. The highest BCUT2D eigenvalue weighted by Gasteiger charge is 2.57. The second-order valence-electron chi connectivity index (χ2n) is 10.4. The summed E-state index contributed by atoms with van der Waals surface area (Å²) in [5.41, 5.74) is 3.50. The van der Waals surface area contributed by atoms with Crippen molar-refractivity contribution in [1.82, 2.24) is 14.4 Å². The summed E-state index contributed by atoms with van der Waals surface area (Å²) >= 11 is 0. The van der Waals surface area contributed by atoms with Gasteiger partial charge in [0.25, 0.3) is 5.91 Å². The molecule has 6 rings (SSSR count). The van der Waals surface area contributed by atoms with Crippen molar-refractivity contribution in [2.75, 3.05) is 42.5 Å². The maximum Gasteiger partial charge on any atom is 0.332 e. The van der Waals surface area contributed by atoms with Gasteiger partial charge in [0.2, 0.25) is 0 Å². The lowest BCUT2D eigenvalue weighted by Gasteiger charge is -2.41. The van der Waals surface area contributed by atoms with Gasteiger partial charge in [0.15, 0.2) is 0 Å². The van der Waals surface area contributed by atoms with Crippen LogP contribution in [0, 0.1) is 0 Å². The molecule has 3 aliphatic rings. The Balaban J connectivity index is 1.14. The molecule has 3 aliphatic heterocycles. The number of carbonyl (C=O) groups is 2. The van der Waals surface area contributed by atoms with Gasteiger partial charge in [-0.25, -0.2) is 9.69 Å². The van der Waals surface area contributed by atoms with Crippen molar-refractivity contribution in [3.05, 3.63) is 78.6 Å². The number of likely N-dealkylation sites (N-methyl/N-ethyl adjacent to an activating group) is 1. The number of nitrogens with zero attached hydrogens (tertiary/aromatic N) is 5. The molecule has 0 bridgehead atoms. The number of piperidine rings is 1. The van der Waals surface area contributed by atoms with Gasteiger partial charge >= 0.3 is 6.03 Å². The second kappa shape index (κ2) is 9.71. The fourth-order valence-electron chi connectivity index (χ4n) is 6.27. The van der Waals surface area contributed by atoms with Crippen LogP contribution in [0.5, 0.6) is 0 Å². The van der Waals surface area contributed by atoms with E-state index < -0.39 is 5.54 Å². The van der Waals surface area contributed by atoms with E-state index in [4.69, 9.17) is 0 Å². The van der Waals surface area contributed by atoms with Crippen molar-refractivity contribution in [3.63, 3.8) is 0 Å². The normalized spacial score (nSPS) is 20.0. The summed E-state index contributed by atoms with van der Waals surface area (Å²) in [5.74, 6) is -0.0809. The van der Waals surface area contributed by atoms with Gasteiger partial charge in [0.1, 0.15) is 5.54 Å². The number of hydrogen-bond acceptors (Lipinski definition) is 4. The number of rotatable bonds is 6. The van der Waals surface area contributed by atoms with Gasteiger partial charge < -0.3 is 14.4 Å². The minimum absolute atomic E-state index is 0.0809. The molecule has 0 atom stereocenters. The Morgan fingerprint density at radius 1 is 0.757 bits per heavy atom. The summed E-state index contributed by atoms with van der Waals surface area (Å²) < 4.78 is 2.01. The number of benzene rings is 2. The first-order valence-electron chi connectivity index (χ1n) is 13.5. The number of urea groups is 1. The zero-order valence-corrected chi connectivity index (χ0v) is 21.6. The van der Waals surface area contributed by atoms with Crippen LogP contribution in [0.25, 0.3) is 5.69 Å². The van der Waals surface area contributed by atoms with E-state index >= 15 is 0 Å². The monoisotopic (exact) mass is 497 g/mol. The van der Waals surface area contributed by atoms with E-state index in [-0.39, 0.29) is 11.9 Å². The molecule has 4 heterocycles. The Labute approximate surface area is 218 Å². The predicted octanol–water partition coefficient (Wildman–Crippen LogP) is 4.90. The van der Waals surface area contributed by atoms with E-state index in [9.17, 15) is 9.59 Å². The third kappa shape index (κ3) is 4.21. The van der Waals surface area contributed by atoms with E-state index in [1.807, 2.05) is 60.3 Å². The third-order valence-corrected chi connectivity index (χ3v) is 8.36. The van der Waals surface area contributed by atoms with Crippen molar-refractivity contribution in [2.24, 2.45) is 0 Å². The van der Waals surface area contributed by atoms with Crippen LogP contribution in [0.1, 0.15) is 38.2 Å². The molecule has 0 aliphatic carbocycles. The fraction of sp³-hybridized carbons (Fsp3) is 0.400. The molecule has 3 aromatic rings. The molecule has 0 saturated carbocycles. The van der Waals surface area contributed by atoms with E-state index in [0.29, 0.717) is 25.1 Å². The van der Waals surface area contributed by atoms with Gasteiger partial charge in [-0.15, -0.1) is 0 Å². The van der Waals surface area contributed by atoms with Gasteiger partial charge in [0, 0.05) is 63.0 Å². The third-order valence-electron chi connectivity index (χ3n) is 8.36. The number of imide groups is 1. The highest BCUT2D eigenvalue weighted by Crippen LogP contribution is 2.39. The topological polar surface area (TPSA) is 52.0 Å². The minimum atomic E-state index is -0.749. The molecule has 192 valence electrons. The molecule has 1 spiro atoms. The fourth-order valence-corrected chi connectivity index (χ4v) is 6.27. The first kappa shape index (κ1) is 23.8. The number of likely N-dealkylation sites (tertiary alicyclic amines) is 1. The van der Waals surface area contributed by atoms with Crippen LogP contribution in [-0.4, -0.2) is 64.6 Å². The Morgan fingerprint density at radius 2 is 1.35 bits per heavy atom. The molecule has 0 radical (unpaired) electrons. The zero-order chi connectivity index (χ0) is 25.4. The van der Waals surface area contributed by atoms with Gasteiger partial charge in [-0.3, -0.25) is 9.69 Å². The Morgan fingerprint density at radius 3 is 1.97 bits per heavy atom. The van der Waals surface area contributed by atoms with Crippen LogP contribution >= 0.6 is 0 Å². The molecule has 3 saturated heterocycles. The molecule has 3 fully saturated rings. The van der Waals surface area contributed by atoms with Crippen molar-refractivity contribution >= 4 is 23.3 Å². The van der Waals surface area contributed by atoms with Crippen LogP contribution in [0.3, 0.4) is 0 Å². The molecular weight excluding hydrogens is 462 g/mol. The van der Waals surface area contributed by atoms with Crippen molar-refractivity contribution < 1.29 is 9.59 Å². The lowest BCUT2D eigenvalue weighted by Crippen LogP contribution is -2.56. The van der Waals surface area contributed by atoms with Crippen LogP contribution < -0.4 is 9.80 Å². The smallest absolute Gasteiger partial charge is 0.332 e. The molecule has 7 heteroatoms. The number of anilines is 2. The maximum absolute atomic E-state index is 13.8. The lowest BCUT2D eigenvalue weighted by atomic mass is 9.85. The van der Waals surface area contributed by atoms with Crippen molar-refractivity contribution in [2.45, 2.75) is 44.7 Å². The molecule has 2 aromatic carbocycles. The van der Waals surface area contributed by atoms with Gasteiger partial charge in [-0.2, -0.15) is 0 Å². The Bertz CT molecular complexity index is 1240. The molecule has 1 aromatic heterocycles. The highest BCUT2D eigenvalue weighted by atomic mass is 16.2. The average molecular weight is 498 g/mol. The summed E-state index contributed by atoms with van der Waals surface area (Å²) in [6.45, 7) is 7.27. The molecular formula is C30H35N5O2. The van der Waals surface area contributed by atoms with Gasteiger partial charge in [0.05, 0.1) is 5.69 Å². The summed E-state index contributed by atoms with van der Waals surface area (Å²) in [5, 5.41) is 0. The molecule has 0 unspecified atom stereocenters. The van der Waals surface area contributed by atoms with E-state index in [1.165, 1.54) is 29.0 Å². The molecule has 3 amide bonds. The summed E-state index contributed by atoms with van der Waals surface area (Å²) in [7, 11) is 0. The minimum Gasteiger partial charge on any atom is -0.372 e. The van der Waals surface area contributed by atoms with Crippen LogP contribution in [-0.2, 0) is 11.3 Å². The van der Waals surface area contributed by atoms with Crippen molar-refractivity contribution in [3.8, 4) is 5.69 Å². The van der Waals surface area contributed by atoms with Crippen LogP contribution in [0.15, 0.2) is 73.1 Å². The number of carbonyl (C=O) groups excluding carboxylic acids is 2. The quantitative estimate of drug-likeness (QED) is 0.455. The largest absolute Gasteiger partial charge is 0.372 e. The first-order chi connectivity index (χ1) is 18.1. The van der Waals surface area contributed by atoms with E-state index in [2.05, 4.69) is 34.1 Å². The first-order valence-corrected chi connectivity index (χ1v) is 13.5. The summed E-state index contributed by atoms with van der Waals surface area (Å²) in [4.78, 5) is 35.4. The van der Waals surface area contributed by atoms with Crippen LogP contribution in [0.4, 0.5) is 16.2 Å². The Kier molecular flexibility index (Phi) is 6.24. The van der Waals surface area contributed by atoms with E-state index in [0.717, 1.165) is 38.4 Å². The summed E-state index contributed by atoms with van der Waals surface area (Å²) in [6.07, 6.45) is 7.84. The number of amides is 3. The van der Waals surface area contributed by atoms with Gasteiger partial charge in [-0.05, 0) is 86.7 Å². The maximum atomic E-state index is 13.8. The number of aromatic nitrogens is 1.